The predicted molar refractivity (Wildman–Crippen MR) is 42.8 cm³/mol. The second kappa shape index (κ2) is 3.62. The summed E-state index contributed by atoms with van der Waals surface area (Å²) in [5.74, 6) is -1.89. The minimum Gasteiger partial charge on any atom is -0.318 e. The fourth-order valence-corrected chi connectivity index (χ4v) is 1.11. The third-order valence-corrected chi connectivity index (χ3v) is 1.68. The molecule has 1 aromatic carbocycles. The van der Waals surface area contributed by atoms with Crippen molar-refractivity contribution in [1.82, 2.24) is 0 Å². The highest BCUT2D eigenvalue weighted by atomic mass is 19.1. The molecule has 1 aliphatic heterocycles. The van der Waals surface area contributed by atoms with Crippen LogP contribution in [-0.4, -0.2) is 11.7 Å². The first kappa shape index (κ1) is 9.80. The lowest BCUT2D eigenvalue weighted by Crippen LogP contribution is -2.12. The summed E-state index contributed by atoms with van der Waals surface area (Å²) in [6, 6.07) is 3.61. The molecular weight excluding hydrogens is 189 g/mol. The molecule has 0 spiro atoms. The molecule has 0 saturated carbocycles. The van der Waals surface area contributed by atoms with Crippen LogP contribution in [0, 0.1) is 16.6 Å². The average molecular weight is 193 g/mol. The molecule has 6 heteroatoms. The summed E-state index contributed by atoms with van der Waals surface area (Å²) in [6.07, 6.45) is 0. The Kier molecular flexibility index (Phi) is 2.53. The van der Waals surface area contributed by atoms with Crippen LogP contribution in [0.3, 0.4) is 0 Å². The number of nitrogens with one attached hydrogen (secondary N) is 1. The van der Waals surface area contributed by atoms with Gasteiger partial charge in [0.25, 0.3) is 11.7 Å². The summed E-state index contributed by atoms with van der Waals surface area (Å²) in [5, 5.41) is 14.3. The molecule has 2 rings (SSSR count). The Labute approximate surface area is 78.0 Å². The van der Waals surface area contributed by atoms with Crippen LogP contribution in [0.2, 0.25) is 0 Å². The third kappa shape index (κ3) is 1.43. The first-order valence-electron chi connectivity index (χ1n) is 3.54. The number of halogens is 1. The molecule has 70 valence electrons. The van der Waals surface area contributed by atoms with Crippen molar-refractivity contribution in [3.8, 4) is 0 Å². The van der Waals surface area contributed by atoms with Gasteiger partial charge in [0, 0.05) is 10.8 Å². The van der Waals surface area contributed by atoms with E-state index in [1.165, 1.54) is 12.1 Å². The maximum atomic E-state index is 12.6. The maximum Gasteiger partial charge on any atom is 0.296 e. The van der Waals surface area contributed by atoms with Gasteiger partial charge in [-0.2, -0.15) is 0 Å². The standard InChI is InChI=1S/C8H4FNO2.N2/c9-4-1-2-6-5(3-4)7(11)8(12)10-6;1-2/h1-3H,(H,10,11,12);. The van der Waals surface area contributed by atoms with Crippen molar-refractivity contribution in [3.63, 3.8) is 0 Å². The van der Waals surface area contributed by atoms with Gasteiger partial charge in [0.1, 0.15) is 5.82 Å². The van der Waals surface area contributed by atoms with Crippen LogP contribution in [0.5, 0.6) is 0 Å². The van der Waals surface area contributed by atoms with Gasteiger partial charge in [-0.25, -0.2) is 4.39 Å². The minimum absolute atomic E-state index is 0.111. The van der Waals surface area contributed by atoms with Crippen molar-refractivity contribution in [2.24, 2.45) is 0 Å². The molecule has 1 amide bonds. The number of anilines is 1. The van der Waals surface area contributed by atoms with Crippen molar-refractivity contribution in [2.45, 2.75) is 0 Å². The molecule has 0 fully saturated rings. The quantitative estimate of drug-likeness (QED) is 0.491. The molecule has 0 saturated heterocycles. The molecule has 1 aliphatic rings. The molecule has 14 heavy (non-hydrogen) atoms. The van der Waals surface area contributed by atoms with E-state index >= 15 is 0 Å². The fraction of sp³-hybridized carbons (Fsp3) is 0. The number of hydrogen-bond acceptors (Lipinski definition) is 4. The van der Waals surface area contributed by atoms with E-state index in [9.17, 15) is 14.0 Å². The molecule has 1 aromatic rings. The zero-order valence-corrected chi connectivity index (χ0v) is 6.82. The summed E-state index contributed by atoms with van der Waals surface area (Å²) in [5.41, 5.74) is 0.492. The second-order valence-corrected chi connectivity index (χ2v) is 2.47. The van der Waals surface area contributed by atoms with Gasteiger partial charge in [0.2, 0.25) is 0 Å². The predicted octanol–water partition coefficient (Wildman–Crippen LogP) is 0.991. The summed E-state index contributed by atoms with van der Waals surface area (Å²) < 4.78 is 12.6. The highest BCUT2D eigenvalue weighted by Crippen LogP contribution is 2.22. The van der Waals surface area contributed by atoms with Crippen LogP contribution in [-0.2, 0) is 4.79 Å². The van der Waals surface area contributed by atoms with E-state index in [0.29, 0.717) is 5.69 Å². The van der Waals surface area contributed by atoms with E-state index in [1.807, 2.05) is 0 Å². The summed E-state index contributed by atoms with van der Waals surface area (Å²) in [4.78, 5) is 21.7. The molecule has 0 aromatic heterocycles. The third-order valence-electron chi connectivity index (χ3n) is 1.68. The molecule has 0 radical (unpaired) electrons. The van der Waals surface area contributed by atoms with Gasteiger partial charge in [-0.15, -0.1) is 0 Å². The molecule has 0 unspecified atom stereocenters. The lowest BCUT2D eigenvalue weighted by atomic mass is 10.1. The van der Waals surface area contributed by atoms with Crippen LogP contribution in [0.15, 0.2) is 18.2 Å². The van der Waals surface area contributed by atoms with E-state index in [1.54, 1.807) is 0 Å². The number of Topliss-reactive ketones (excluding diaryl/α,β-unsaturated/α-hetero) is 1. The molecule has 1 N–H and O–H groups in total. The SMILES string of the molecule is N#N.O=C1Nc2ccc(F)cc2C1=O. The molecular formula is C8H4FN3O2. The van der Waals surface area contributed by atoms with E-state index in [4.69, 9.17) is 10.8 Å². The zero-order valence-electron chi connectivity index (χ0n) is 6.82. The van der Waals surface area contributed by atoms with Crippen LogP contribution >= 0.6 is 0 Å². The van der Waals surface area contributed by atoms with Crippen LogP contribution in [0.1, 0.15) is 10.4 Å². The molecule has 1 heterocycles. The maximum absolute atomic E-state index is 12.6. The number of nitrogens with zero attached hydrogens (tertiary/aromatic N) is 2. The van der Waals surface area contributed by atoms with Gasteiger partial charge in [0.15, 0.2) is 0 Å². The summed E-state index contributed by atoms with van der Waals surface area (Å²) >= 11 is 0. The Morgan fingerprint density at radius 2 is 1.86 bits per heavy atom. The van der Waals surface area contributed by atoms with Crippen molar-refractivity contribution in [1.29, 1.82) is 10.8 Å². The Morgan fingerprint density at radius 3 is 2.50 bits per heavy atom. The summed E-state index contributed by atoms with van der Waals surface area (Å²) in [6.45, 7) is 0. The Hall–Kier alpha value is -2.29. The van der Waals surface area contributed by atoms with Crippen LogP contribution < -0.4 is 5.32 Å². The number of hydrogen-bond donors (Lipinski definition) is 1. The molecule has 0 bridgehead atoms. The number of amides is 1. The van der Waals surface area contributed by atoms with Crippen LogP contribution in [0.4, 0.5) is 10.1 Å². The lowest BCUT2D eigenvalue weighted by Gasteiger charge is -1.94. The number of benzene rings is 1. The summed E-state index contributed by atoms with van der Waals surface area (Å²) in [7, 11) is 0. The van der Waals surface area contributed by atoms with Crippen molar-refractivity contribution in [2.75, 3.05) is 5.32 Å². The van der Waals surface area contributed by atoms with E-state index in [-0.39, 0.29) is 5.56 Å². The normalized spacial score (nSPS) is 12.5. The smallest absolute Gasteiger partial charge is 0.296 e. The number of carbonyl (C=O) groups excluding carboxylic acids is 2. The Balaban J connectivity index is 0.000000461. The fourth-order valence-electron chi connectivity index (χ4n) is 1.11. The van der Waals surface area contributed by atoms with Gasteiger partial charge < -0.3 is 5.32 Å². The topological polar surface area (TPSA) is 93.8 Å². The van der Waals surface area contributed by atoms with Gasteiger partial charge in [0.05, 0.1) is 11.3 Å². The van der Waals surface area contributed by atoms with E-state index < -0.39 is 17.5 Å². The molecule has 0 aliphatic carbocycles. The number of ketones is 1. The molecule has 5 nitrogen and oxygen atoms in total. The monoisotopic (exact) mass is 193 g/mol. The zero-order chi connectivity index (χ0) is 10.7. The van der Waals surface area contributed by atoms with Crippen LogP contribution in [0.25, 0.3) is 0 Å². The van der Waals surface area contributed by atoms with Gasteiger partial charge in [-0.3, -0.25) is 9.59 Å². The van der Waals surface area contributed by atoms with Gasteiger partial charge in [-0.05, 0) is 18.2 Å². The van der Waals surface area contributed by atoms with Crippen molar-refractivity contribution in [3.05, 3.63) is 29.6 Å². The number of rotatable bonds is 0. The Bertz CT molecular complexity index is 428. The minimum atomic E-state index is -0.699. The van der Waals surface area contributed by atoms with Gasteiger partial charge in [-0.1, -0.05) is 0 Å². The van der Waals surface area contributed by atoms with Gasteiger partial charge >= 0.3 is 0 Å². The Morgan fingerprint density at radius 1 is 1.21 bits per heavy atom. The second-order valence-electron chi connectivity index (χ2n) is 2.47. The van der Waals surface area contributed by atoms with Crippen molar-refractivity contribution >= 4 is 17.4 Å². The highest BCUT2D eigenvalue weighted by molar-refractivity contribution is 6.51. The lowest BCUT2D eigenvalue weighted by molar-refractivity contribution is -0.112. The average Bonchev–Trinajstić information content (AvgIpc) is 2.48. The highest BCUT2D eigenvalue weighted by Gasteiger charge is 2.27. The van der Waals surface area contributed by atoms with Crippen molar-refractivity contribution < 1.29 is 14.0 Å². The first-order valence-corrected chi connectivity index (χ1v) is 3.54. The van der Waals surface area contributed by atoms with E-state index in [0.717, 1.165) is 6.07 Å². The first-order chi connectivity index (χ1) is 6.68. The number of fused-ring (bicyclic) bond motifs is 1. The largest absolute Gasteiger partial charge is 0.318 e. The molecule has 0 atom stereocenters. The number of carbonyl (C=O) groups is 2. The van der Waals surface area contributed by atoms with E-state index in [2.05, 4.69) is 5.32 Å².